The van der Waals surface area contributed by atoms with Crippen molar-refractivity contribution in [2.24, 2.45) is 0 Å². The van der Waals surface area contributed by atoms with Gasteiger partial charge in [0.15, 0.2) is 0 Å². The molecule has 1 aromatic carbocycles. The van der Waals surface area contributed by atoms with Crippen LogP contribution in [0.3, 0.4) is 0 Å². The number of thioether (sulfide) groups is 1. The maximum Gasteiger partial charge on any atom is 0.0263 e. The molecule has 21 heavy (non-hydrogen) atoms. The molecule has 2 aliphatic heterocycles. The molecule has 2 nitrogen and oxygen atoms in total. The van der Waals surface area contributed by atoms with Gasteiger partial charge in [0.1, 0.15) is 0 Å². The van der Waals surface area contributed by atoms with E-state index in [0.29, 0.717) is 0 Å². The predicted octanol–water partition coefficient (Wildman–Crippen LogP) is 3.31. The van der Waals surface area contributed by atoms with E-state index in [4.69, 9.17) is 0 Å². The smallest absolute Gasteiger partial charge is 0.0263 e. The second-order valence-corrected chi connectivity index (χ2v) is 8.22. The van der Waals surface area contributed by atoms with Crippen LogP contribution in [0.4, 0.5) is 0 Å². The van der Waals surface area contributed by atoms with Crippen molar-refractivity contribution >= 4 is 11.8 Å². The third-order valence-corrected chi connectivity index (χ3v) is 6.42. The summed E-state index contributed by atoms with van der Waals surface area (Å²) in [5.41, 5.74) is 1.57. The van der Waals surface area contributed by atoms with Gasteiger partial charge in [0.25, 0.3) is 0 Å². The van der Waals surface area contributed by atoms with Gasteiger partial charge in [-0.25, -0.2) is 0 Å². The van der Waals surface area contributed by atoms with Crippen LogP contribution in [0.25, 0.3) is 0 Å². The second-order valence-electron chi connectivity index (χ2n) is 6.88. The largest absolute Gasteiger partial charge is 0.312 e. The molecule has 1 saturated carbocycles. The van der Waals surface area contributed by atoms with Crippen LogP contribution < -0.4 is 5.32 Å². The number of piperidine rings is 1. The Morgan fingerprint density at radius 3 is 2.90 bits per heavy atom. The standard InChI is InChI=1S/C18H26N2S/c1-2-7-18-14(5-1)11-17(21-18)13-20-10-4-3-6-16(20)12-19-15-8-9-15/h1-2,5,7,15-17,19H,3-4,6,8-13H2. The second kappa shape index (κ2) is 6.31. The van der Waals surface area contributed by atoms with E-state index in [1.54, 1.807) is 5.56 Å². The molecular weight excluding hydrogens is 276 g/mol. The van der Waals surface area contributed by atoms with Crippen molar-refractivity contribution in [2.75, 3.05) is 19.6 Å². The number of benzene rings is 1. The van der Waals surface area contributed by atoms with E-state index in [2.05, 4.69) is 46.2 Å². The van der Waals surface area contributed by atoms with Crippen molar-refractivity contribution < 1.29 is 0 Å². The zero-order valence-electron chi connectivity index (χ0n) is 12.8. The van der Waals surface area contributed by atoms with Gasteiger partial charge in [-0.2, -0.15) is 0 Å². The van der Waals surface area contributed by atoms with Crippen LogP contribution in [0, 0.1) is 0 Å². The van der Waals surface area contributed by atoms with Crippen LogP contribution in [0.1, 0.15) is 37.7 Å². The van der Waals surface area contributed by atoms with E-state index in [0.717, 1.165) is 17.3 Å². The minimum atomic E-state index is 0.768. The highest BCUT2D eigenvalue weighted by atomic mass is 32.2. The Morgan fingerprint density at radius 1 is 1.14 bits per heavy atom. The molecule has 2 heterocycles. The number of hydrogen-bond donors (Lipinski definition) is 1. The first-order valence-corrected chi connectivity index (χ1v) is 9.48. The maximum absolute atomic E-state index is 3.75. The van der Waals surface area contributed by atoms with Crippen LogP contribution in [0.2, 0.25) is 0 Å². The van der Waals surface area contributed by atoms with Gasteiger partial charge in [0.2, 0.25) is 0 Å². The molecule has 0 aromatic heterocycles. The SMILES string of the molecule is c1ccc2c(c1)CC(CN1CCCCC1CNC1CC1)S2. The third kappa shape index (κ3) is 3.46. The van der Waals surface area contributed by atoms with Gasteiger partial charge >= 0.3 is 0 Å². The van der Waals surface area contributed by atoms with Gasteiger partial charge in [0, 0.05) is 35.3 Å². The Hall–Kier alpha value is -0.510. The van der Waals surface area contributed by atoms with Gasteiger partial charge in [-0.3, -0.25) is 4.90 Å². The van der Waals surface area contributed by atoms with Crippen molar-refractivity contribution in [3.8, 4) is 0 Å². The number of rotatable bonds is 5. The highest BCUT2D eigenvalue weighted by Crippen LogP contribution is 2.37. The van der Waals surface area contributed by atoms with E-state index < -0.39 is 0 Å². The Bertz CT molecular complexity index is 461. The third-order valence-electron chi connectivity index (χ3n) is 5.12. The number of likely N-dealkylation sites (tertiary alicyclic amines) is 1. The zero-order chi connectivity index (χ0) is 14.1. The van der Waals surface area contributed by atoms with Gasteiger partial charge < -0.3 is 5.32 Å². The van der Waals surface area contributed by atoms with Crippen LogP contribution in [0.15, 0.2) is 29.2 Å². The van der Waals surface area contributed by atoms with Gasteiger partial charge in [-0.05, 0) is 50.3 Å². The molecule has 0 spiro atoms. The molecule has 4 rings (SSSR count). The predicted molar refractivity (Wildman–Crippen MR) is 90.0 cm³/mol. The van der Waals surface area contributed by atoms with Crippen LogP contribution in [-0.4, -0.2) is 41.9 Å². The van der Waals surface area contributed by atoms with Gasteiger partial charge in [0.05, 0.1) is 0 Å². The average molecular weight is 302 g/mol. The molecule has 0 radical (unpaired) electrons. The van der Waals surface area contributed by atoms with Crippen molar-refractivity contribution in [3.63, 3.8) is 0 Å². The summed E-state index contributed by atoms with van der Waals surface area (Å²) >= 11 is 2.11. The molecule has 1 aliphatic carbocycles. The minimum absolute atomic E-state index is 0.768. The highest BCUT2D eigenvalue weighted by molar-refractivity contribution is 8.00. The van der Waals surface area contributed by atoms with Gasteiger partial charge in [-0.15, -0.1) is 11.8 Å². The first-order valence-electron chi connectivity index (χ1n) is 8.60. The molecule has 2 atom stereocenters. The molecule has 0 bridgehead atoms. The molecule has 1 saturated heterocycles. The lowest BCUT2D eigenvalue weighted by Crippen LogP contribution is -2.48. The lowest BCUT2D eigenvalue weighted by atomic mass is 10.0. The fourth-order valence-electron chi connectivity index (χ4n) is 3.74. The monoisotopic (exact) mass is 302 g/mol. The fraction of sp³-hybridized carbons (Fsp3) is 0.667. The number of hydrogen-bond acceptors (Lipinski definition) is 3. The summed E-state index contributed by atoms with van der Waals surface area (Å²) in [4.78, 5) is 4.30. The Morgan fingerprint density at radius 2 is 2.05 bits per heavy atom. The lowest BCUT2D eigenvalue weighted by molar-refractivity contribution is 0.146. The summed E-state index contributed by atoms with van der Waals surface area (Å²) in [5.74, 6) is 0. The molecule has 3 aliphatic rings. The number of nitrogens with zero attached hydrogens (tertiary/aromatic N) is 1. The normalized spacial score (nSPS) is 29.5. The number of nitrogens with one attached hydrogen (secondary N) is 1. The van der Waals surface area contributed by atoms with Crippen LogP contribution >= 0.6 is 11.8 Å². The van der Waals surface area contributed by atoms with Crippen molar-refractivity contribution in [1.82, 2.24) is 10.2 Å². The highest BCUT2D eigenvalue weighted by Gasteiger charge is 2.30. The minimum Gasteiger partial charge on any atom is -0.312 e. The Labute approximate surface area is 132 Å². The summed E-state index contributed by atoms with van der Waals surface area (Å²) in [5, 5.41) is 4.52. The van der Waals surface area contributed by atoms with E-state index in [9.17, 15) is 0 Å². The molecular formula is C18H26N2S. The van der Waals surface area contributed by atoms with E-state index >= 15 is 0 Å². The quantitative estimate of drug-likeness (QED) is 0.898. The first kappa shape index (κ1) is 14.1. The summed E-state index contributed by atoms with van der Waals surface area (Å²) in [6.45, 7) is 3.80. The van der Waals surface area contributed by atoms with Gasteiger partial charge in [-0.1, -0.05) is 24.6 Å². The summed E-state index contributed by atoms with van der Waals surface area (Å²) in [6, 6.07) is 10.6. The van der Waals surface area contributed by atoms with E-state index in [-0.39, 0.29) is 0 Å². The van der Waals surface area contributed by atoms with E-state index in [1.165, 1.54) is 63.1 Å². The Kier molecular flexibility index (Phi) is 4.24. The summed E-state index contributed by atoms with van der Waals surface area (Å²) in [6.07, 6.45) is 8.28. The molecule has 2 unspecified atom stereocenters. The van der Waals surface area contributed by atoms with Crippen LogP contribution in [0.5, 0.6) is 0 Å². The Balaban J connectivity index is 1.34. The summed E-state index contributed by atoms with van der Waals surface area (Å²) in [7, 11) is 0. The molecule has 2 fully saturated rings. The topological polar surface area (TPSA) is 15.3 Å². The number of fused-ring (bicyclic) bond motifs is 1. The van der Waals surface area contributed by atoms with Crippen molar-refractivity contribution in [2.45, 2.75) is 60.8 Å². The molecule has 1 N–H and O–H groups in total. The molecule has 0 amide bonds. The molecule has 114 valence electrons. The van der Waals surface area contributed by atoms with Crippen LogP contribution in [-0.2, 0) is 6.42 Å². The molecule has 1 aromatic rings. The maximum atomic E-state index is 3.75. The summed E-state index contributed by atoms with van der Waals surface area (Å²) < 4.78 is 0. The fourth-order valence-corrected chi connectivity index (χ4v) is 5.09. The molecule has 3 heteroatoms. The zero-order valence-corrected chi connectivity index (χ0v) is 13.6. The van der Waals surface area contributed by atoms with Crippen molar-refractivity contribution in [3.05, 3.63) is 29.8 Å². The van der Waals surface area contributed by atoms with Crippen molar-refractivity contribution in [1.29, 1.82) is 0 Å². The lowest BCUT2D eigenvalue weighted by Gasteiger charge is -2.37. The average Bonchev–Trinajstić information content (AvgIpc) is 3.25. The van der Waals surface area contributed by atoms with E-state index in [1.807, 2.05) is 0 Å². The first-order chi connectivity index (χ1) is 10.4.